The van der Waals surface area contributed by atoms with E-state index >= 15 is 0 Å². The maximum absolute atomic E-state index is 11.7. The molecule has 0 aromatic carbocycles. The number of fused-ring (bicyclic) bond motifs is 1. The topological polar surface area (TPSA) is 54.0 Å². The van der Waals surface area contributed by atoms with Crippen molar-refractivity contribution in [3.63, 3.8) is 0 Å². The largest absolute Gasteiger partial charge is 0.462 e. The van der Waals surface area contributed by atoms with Crippen LogP contribution in [0.3, 0.4) is 0 Å². The average Bonchev–Trinajstić information content (AvgIpc) is 3.01. The van der Waals surface area contributed by atoms with Crippen LogP contribution in [0.2, 0.25) is 18.1 Å². The van der Waals surface area contributed by atoms with Gasteiger partial charge in [0.2, 0.25) is 0 Å². The fraction of sp³-hybridized carbons (Fsp3) is 0.947. The molecule has 2 saturated heterocycles. The monoisotopic (exact) mass is 370 g/mol. The summed E-state index contributed by atoms with van der Waals surface area (Å²) in [7, 11) is -1.83. The third-order valence-corrected chi connectivity index (χ3v) is 11.1. The van der Waals surface area contributed by atoms with Gasteiger partial charge in [-0.3, -0.25) is 4.79 Å². The fourth-order valence-corrected chi connectivity index (χ4v) is 4.92. The summed E-state index contributed by atoms with van der Waals surface area (Å²) in [6.07, 6.45) is 4.47. The summed E-state index contributed by atoms with van der Waals surface area (Å²) < 4.78 is 24.1. The molecule has 0 aromatic rings. The molecule has 3 aliphatic rings. The fourth-order valence-electron chi connectivity index (χ4n) is 3.88. The number of hydrogen-bond donors (Lipinski definition) is 0. The number of carbonyl (C=O) groups excluding carboxylic acids is 1. The average molecular weight is 371 g/mol. The Labute approximate surface area is 152 Å². The van der Waals surface area contributed by atoms with Gasteiger partial charge in [0.05, 0.1) is 12.5 Å². The van der Waals surface area contributed by atoms with E-state index in [1.165, 1.54) is 0 Å². The Kier molecular flexibility index (Phi) is 5.64. The van der Waals surface area contributed by atoms with Gasteiger partial charge in [0.15, 0.2) is 14.6 Å². The minimum Gasteiger partial charge on any atom is -0.462 e. The van der Waals surface area contributed by atoms with Crippen LogP contribution in [0.5, 0.6) is 0 Å². The van der Waals surface area contributed by atoms with Crippen LogP contribution < -0.4 is 0 Å². The van der Waals surface area contributed by atoms with Crippen molar-refractivity contribution in [2.75, 3.05) is 13.2 Å². The second-order valence-electron chi connectivity index (χ2n) is 9.34. The van der Waals surface area contributed by atoms with Crippen LogP contribution in [-0.4, -0.2) is 46.0 Å². The maximum Gasteiger partial charge on any atom is 0.306 e. The van der Waals surface area contributed by atoms with Crippen molar-refractivity contribution >= 4 is 14.3 Å². The molecule has 0 aromatic heterocycles. The summed E-state index contributed by atoms with van der Waals surface area (Å²) in [6.45, 7) is 12.7. The van der Waals surface area contributed by atoms with Crippen LogP contribution in [0, 0.1) is 11.8 Å². The Morgan fingerprint density at radius 2 is 2.00 bits per heavy atom. The molecule has 3 rings (SSSR count). The van der Waals surface area contributed by atoms with Crippen LogP contribution in [-0.2, 0) is 23.4 Å². The van der Waals surface area contributed by atoms with E-state index in [0.29, 0.717) is 13.0 Å². The first kappa shape index (κ1) is 19.3. The van der Waals surface area contributed by atoms with E-state index in [9.17, 15) is 4.79 Å². The number of esters is 1. The van der Waals surface area contributed by atoms with Gasteiger partial charge in [0.1, 0.15) is 6.10 Å². The van der Waals surface area contributed by atoms with Crippen molar-refractivity contribution < 1.29 is 23.4 Å². The first-order valence-electron chi connectivity index (χ1n) is 9.78. The van der Waals surface area contributed by atoms with E-state index < -0.39 is 8.32 Å². The van der Waals surface area contributed by atoms with E-state index in [1.807, 2.05) is 0 Å². The number of rotatable bonds is 5. The molecule has 0 radical (unpaired) electrons. The Balaban J connectivity index is 1.66. The van der Waals surface area contributed by atoms with Gasteiger partial charge in [-0.05, 0) is 37.4 Å². The van der Waals surface area contributed by atoms with E-state index in [0.717, 1.165) is 32.3 Å². The standard InChI is InChI=1S/C19H34O5Si/c1-19(2,3)25(4,5)22-12-14-13-10-17(20)23-15(13)11-16(14)24-18-8-6-7-9-21-18/h13-16,18H,6-12H2,1-5H3/t13-,14?,15?,16?,18?/m1/s1. The van der Waals surface area contributed by atoms with Gasteiger partial charge in [0.25, 0.3) is 0 Å². The Morgan fingerprint density at radius 1 is 1.24 bits per heavy atom. The molecule has 1 saturated carbocycles. The van der Waals surface area contributed by atoms with E-state index in [4.69, 9.17) is 18.6 Å². The lowest BCUT2D eigenvalue weighted by molar-refractivity contribution is -0.198. The van der Waals surface area contributed by atoms with Crippen molar-refractivity contribution in [3.8, 4) is 0 Å². The molecule has 4 unspecified atom stereocenters. The SMILES string of the molecule is CC(C)(C)[Si](C)(C)OCC1C(OC2CCCCO2)CC2OC(=O)C[C@@H]21. The molecule has 1 aliphatic carbocycles. The van der Waals surface area contributed by atoms with Crippen molar-refractivity contribution in [2.24, 2.45) is 11.8 Å². The number of ether oxygens (including phenoxy) is 3. The molecular weight excluding hydrogens is 336 g/mol. The zero-order valence-corrected chi connectivity index (χ0v) is 17.4. The van der Waals surface area contributed by atoms with Crippen molar-refractivity contribution in [3.05, 3.63) is 0 Å². The van der Waals surface area contributed by atoms with Crippen LogP contribution >= 0.6 is 0 Å². The molecule has 5 nitrogen and oxygen atoms in total. The van der Waals surface area contributed by atoms with E-state index in [1.54, 1.807) is 0 Å². The normalized spacial score (nSPS) is 36.4. The molecule has 5 atom stereocenters. The van der Waals surface area contributed by atoms with Gasteiger partial charge >= 0.3 is 5.97 Å². The molecule has 0 amide bonds. The molecule has 3 fully saturated rings. The van der Waals surface area contributed by atoms with Crippen molar-refractivity contribution in [1.29, 1.82) is 0 Å². The summed E-state index contributed by atoms with van der Waals surface area (Å²) in [4.78, 5) is 11.7. The zero-order valence-electron chi connectivity index (χ0n) is 16.4. The van der Waals surface area contributed by atoms with Crippen molar-refractivity contribution in [1.82, 2.24) is 0 Å². The van der Waals surface area contributed by atoms with Gasteiger partial charge in [-0.25, -0.2) is 0 Å². The molecule has 2 heterocycles. The number of carbonyl (C=O) groups is 1. The molecule has 2 aliphatic heterocycles. The van der Waals surface area contributed by atoms with Crippen LogP contribution in [0.4, 0.5) is 0 Å². The lowest BCUT2D eigenvalue weighted by atomic mass is 9.93. The van der Waals surface area contributed by atoms with E-state index in [2.05, 4.69) is 33.9 Å². The van der Waals surface area contributed by atoms with Crippen LogP contribution in [0.25, 0.3) is 0 Å². The minimum absolute atomic E-state index is 0.00546. The Hall–Kier alpha value is -0.433. The quantitative estimate of drug-likeness (QED) is 0.543. The third kappa shape index (κ3) is 4.29. The van der Waals surface area contributed by atoms with Crippen LogP contribution in [0.15, 0.2) is 0 Å². The second-order valence-corrected chi connectivity index (χ2v) is 14.1. The molecule has 0 bridgehead atoms. The molecule has 0 N–H and O–H groups in total. The molecule has 0 spiro atoms. The predicted molar refractivity (Wildman–Crippen MR) is 97.7 cm³/mol. The molecular formula is C19H34O5Si. The highest BCUT2D eigenvalue weighted by molar-refractivity contribution is 6.74. The van der Waals surface area contributed by atoms with Gasteiger partial charge in [-0.15, -0.1) is 0 Å². The number of hydrogen-bond acceptors (Lipinski definition) is 5. The minimum atomic E-state index is -1.83. The summed E-state index contributed by atoms with van der Waals surface area (Å²) in [5.41, 5.74) is 0. The Bertz CT molecular complexity index is 481. The van der Waals surface area contributed by atoms with Gasteiger partial charge in [-0.2, -0.15) is 0 Å². The highest BCUT2D eigenvalue weighted by Crippen LogP contribution is 2.45. The van der Waals surface area contributed by atoms with Gasteiger partial charge < -0.3 is 18.6 Å². The molecule has 144 valence electrons. The highest BCUT2D eigenvalue weighted by Gasteiger charge is 2.52. The lowest BCUT2D eigenvalue weighted by Gasteiger charge is -2.38. The molecule has 25 heavy (non-hydrogen) atoms. The van der Waals surface area contributed by atoms with Gasteiger partial charge in [-0.1, -0.05) is 20.8 Å². The highest BCUT2D eigenvalue weighted by atomic mass is 28.4. The molecule has 6 heteroatoms. The first-order chi connectivity index (χ1) is 11.7. The zero-order chi connectivity index (χ0) is 18.2. The maximum atomic E-state index is 11.7. The third-order valence-electron chi connectivity index (χ3n) is 6.56. The van der Waals surface area contributed by atoms with Crippen LogP contribution in [0.1, 0.15) is 52.9 Å². The van der Waals surface area contributed by atoms with Crippen molar-refractivity contribution in [2.45, 2.75) is 89.5 Å². The summed E-state index contributed by atoms with van der Waals surface area (Å²) >= 11 is 0. The summed E-state index contributed by atoms with van der Waals surface area (Å²) in [5.74, 6) is 0.377. The smallest absolute Gasteiger partial charge is 0.306 e. The Morgan fingerprint density at radius 3 is 2.64 bits per heavy atom. The first-order valence-corrected chi connectivity index (χ1v) is 12.7. The second kappa shape index (κ2) is 7.29. The summed E-state index contributed by atoms with van der Waals surface area (Å²) in [5, 5.41) is 0.176. The van der Waals surface area contributed by atoms with E-state index in [-0.39, 0.29) is 41.3 Å². The lowest BCUT2D eigenvalue weighted by Crippen LogP contribution is -2.44. The predicted octanol–water partition coefficient (Wildman–Crippen LogP) is 3.87. The summed E-state index contributed by atoms with van der Waals surface area (Å²) in [6, 6.07) is 0. The van der Waals surface area contributed by atoms with Gasteiger partial charge in [0, 0.05) is 31.5 Å².